The number of nitrogens with one attached hydrogen (secondary N) is 1. The van der Waals surface area contributed by atoms with E-state index in [4.69, 9.17) is 0 Å². The van der Waals surface area contributed by atoms with Gasteiger partial charge >= 0.3 is 4.87 Å². The molecule has 0 saturated heterocycles. The van der Waals surface area contributed by atoms with Crippen molar-refractivity contribution < 1.29 is 9.59 Å². The summed E-state index contributed by atoms with van der Waals surface area (Å²) in [6, 6.07) is 19.1. The molecular weight excluding hydrogens is 452 g/mol. The lowest BCUT2D eigenvalue weighted by molar-refractivity contribution is -0.113. The normalized spacial score (nSPS) is 23.7. The molecule has 6 rings (SSSR count). The maximum Gasteiger partial charge on any atom is 0.305 e. The Balaban J connectivity index is 0.000000129. The zero-order valence-electron chi connectivity index (χ0n) is 18.6. The number of imide groups is 1. The summed E-state index contributed by atoms with van der Waals surface area (Å²) in [6.07, 6.45) is 6.48. The lowest BCUT2D eigenvalue weighted by Crippen LogP contribution is -2.29. The van der Waals surface area contributed by atoms with Gasteiger partial charge in [0, 0.05) is 10.1 Å². The number of hydrogen-bond acceptors (Lipinski definition) is 5. The minimum Gasteiger partial charge on any atom is -0.307 e. The van der Waals surface area contributed by atoms with Crippen LogP contribution in [0.15, 0.2) is 70.5 Å². The number of carbonyl (C=O) groups excluding carboxylic acids is 2. The smallest absolute Gasteiger partial charge is 0.305 e. The number of rotatable bonds is 3. The van der Waals surface area contributed by atoms with Gasteiger partial charge in [-0.15, -0.1) is 11.8 Å². The highest BCUT2D eigenvalue weighted by molar-refractivity contribution is 8.00. The molecule has 33 heavy (non-hydrogen) atoms. The highest BCUT2D eigenvalue weighted by Gasteiger charge is 2.50. The van der Waals surface area contributed by atoms with Gasteiger partial charge in [-0.05, 0) is 62.5 Å². The number of H-pyrrole nitrogens is 1. The third-order valence-electron chi connectivity index (χ3n) is 6.59. The molecule has 7 heteroatoms. The van der Waals surface area contributed by atoms with Gasteiger partial charge in [0.25, 0.3) is 0 Å². The predicted octanol–water partition coefficient (Wildman–Crippen LogP) is 5.30. The van der Waals surface area contributed by atoms with Crippen LogP contribution < -0.4 is 9.77 Å². The van der Waals surface area contributed by atoms with Gasteiger partial charge in [0.15, 0.2) is 0 Å². The van der Waals surface area contributed by atoms with E-state index in [1.165, 1.54) is 46.9 Å². The molecule has 0 unspecified atom stereocenters. The van der Waals surface area contributed by atoms with Crippen LogP contribution in [-0.4, -0.2) is 23.1 Å². The Labute approximate surface area is 202 Å². The van der Waals surface area contributed by atoms with Crippen LogP contribution in [-0.2, 0) is 16.0 Å². The van der Waals surface area contributed by atoms with Crippen LogP contribution in [0.25, 0.3) is 0 Å². The van der Waals surface area contributed by atoms with Crippen LogP contribution in [0.5, 0.6) is 0 Å². The number of anilines is 1. The zero-order chi connectivity index (χ0) is 23.2. The van der Waals surface area contributed by atoms with E-state index in [1.54, 1.807) is 12.1 Å². The van der Waals surface area contributed by atoms with Crippen LogP contribution in [0, 0.1) is 24.7 Å². The maximum absolute atomic E-state index is 11.3. The summed E-state index contributed by atoms with van der Waals surface area (Å²) in [7, 11) is 0. The minimum atomic E-state index is 0.139. The van der Waals surface area contributed by atoms with E-state index in [9.17, 15) is 14.4 Å². The van der Waals surface area contributed by atoms with Gasteiger partial charge in [-0.3, -0.25) is 19.3 Å². The second-order valence-electron chi connectivity index (χ2n) is 8.66. The Hall–Kier alpha value is -2.64. The molecule has 1 aliphatic heterocycles. The summed E-state index contributed by atoms with van der Waals surface area (Å²) in [5.41, 5.74) is 1.68. The van der Waals surface area contributed by atoms with Crippen molar-refractivity contribution in [2.24, 2.45) is 17.8 Å². The standard InChI is InChI=1S/C11H13NOS2.C9H9NO2.C6H6/c13-11-12-10-8(14-11)4-7-5-1-2-6(3-5)9(7)15-10;1-8-2-4-9(5-3-8)10(6-11)7-12;1-2-4-6-5-3-1/h5-7,9H,1-4H2,(H,12,13);2-7H,1H3;1-6H/t5-,6+,7+,9-;;/m0../s1. The summed E-state index contributed by atoms with van der Waals surface area (Å²) >= 11 is 3.40. The van der Waals surface area contributed by atoms with Crippen LogP contribution in [0.2, 0.25) is 0 Å². The van der Waals surface area contributed by atoms with Crippen LogP contribution in [0.3, 0.4) is 0 Å². The number of hydrogen-bond donors (Lipinski definition) is 1. The third kappa shape index (κ3) is 5.65. The molecule has 2 heterocycles. The number of amides is 2. The number of aryl methyl sites for hydroxylation is 1. The molecule has 2 saturated carbocycles. The molecule has 5 nitrogen and oxygen atoms in total. The van der Waals surface area contributed by atoms with Gasteiger partial charge in [-0.1, -0.05) is 65.4 Å². The van der Waals surface area contributed by atoms with Crippen molar-refractivity contribution >= 4 is 41.6 Å². The SMILES string of the molecule is Cc1ccc(N(C=O)C=O)cc1.O=c1[nH]c2c(s1)C[C@@H]1[C@H]3CC[C@H](C3)[C@@H]1S2.c1ccccc1. The number of benzene rings is 2. The molecular formula is C26H28N2O3S2. The summed E-state index contributed by atoms with van der Waals surface area (Å²) in [4.78, 5) is 37.4. The first-order valence-electron chi connectivity index (χ1n) is 11.2. The summed E-state index contributed by atoms with van der Waals surface area (Å²) in [5.74, 6) is 2.80. The minimum absolute atomic E-state index is 0.139. The Morgan fingerprint density at radius 1 is 0.939 bits per heavy atom. The fourth-order valence-electron chi connectivity index (χ4n) is 5.00. The Bertz CT molecular complexity index is 1040. The largest absolute Gasteiger partial charge is 0.307 e. The second-order valence-corrected chi connectivity index (χ2v) is 10.9. The molecule has 172 valence electrons. The molecule has 0 spiro atoms. The van der Waals surface area contributed by atoms with E-state index in [0.29, 0.717) is 18.5 Å². The van der Waals surface area contributed by atoms with Crippen molar-refractivity contribution in [2.75, 3.05) is 4.90 Å². The van der Waals surface area contributed by atoms with E-state index >= 15 is 0 Å². The molecule has 2 aliphatic carbocycles. The van der Waals surface area contributed by atoms with Crippen molar-refractivity contribution in [1.29, 1.82) is 0 Å². The third-order valence-corrected chi connectivity index (χ3v) is 9.22. The predicted molar refractivity (Wildman–Crippen MR) is 135 cm³/mol. The van der Waals surface area contributed by atoms with E-state index in [-0.39, 0.29) is 4.87 Å². The van der Waals surface area contributed by atoms with Crippen LogP contribution in [0.1, 0.15) is 29.7 Å². The fourth-order valence-corrected chi connectivity index (χ4v) is 7.70. The number of thioether (sulfide) groups is 1. The Kier molecular flexibility index (Phi) is 7.83. The zero-order valence-corrected chi connectivity index (χ0v) is 20.2. The molecule has 2 aromatic carbocycles. The van der Waals surface area contributed by atoms with Crippen molar-refractivity contribution in [3.05, 3.63) is 80.8 Å². The summed E-state index contributed by atoms with van der Waals surface area (Å²) in [6.45, 7) is 1.94. The lowest BCUT2D eigenvalue weighted by atomic mass is 9.85. The molecule has 1 aromatic heterocycles. The van der Waals surface area contributed by atoms with E-state index in [1.807, 2.05) is 67.2 Å². The first-order chi connectivity index (χ1) is 16.1. The van der Waals surface area contributed by atoms with E-state index in [0.717, 1.165) is 33.5 Å². The average Bonchev–Trinajstić information content (AvgIpc) is 3.55. The maximum atomic E-state index is 11.3. The molecule has 2 fully saturated rings. The number of aromatic nitrogens is 1. The second kappa shape index (κ2) is 11.0. The van der Waals surface area contributed by atoms with Crippen molar-refractivity contribution in [3.8, 4) is 0 Å². The number of nitrogens with zero attached hydrogens (tertiary/aromatic N) is 1. The summed E-state index contributed by atoms with van der Waals surface area (Å²) < 4.78 is 0. The molecule has 2 bridgehead atoms. The van der Waals surface area contributed by atoms with Crippen molar-refractivity contribution in [2.45, 2.75) is 42.9 Å². The molecule has 3 aromatic rings. The number of carbonyl (C=O) groups is 2. The summed E-state index contributed by atoms with van der Waals surface area (Å²) in [5, 5.41) is 2.01. The number of fused-ring (bicyclic) bond motifs is 6. The van der Waals surface area contributed by atoms with Crippen molar-refractivity contribution in [3.63, 3.8) is 0 Å². The molecule has 1 N–H and O–H groups in total. The van der Waals surface area contributed by atoms with Gasteiger partial charge in [-0.2, -0.15) is 0 Å². The number of thiazole rings is 1. The van der Waals surface area contributed by atoms with E-state index in [2.05, 4.69) is 4.98 Å². The van der Waals surface area contributed by atoms with Gasteiger partial charge in [-0.25, -0.2) is 0 Å². The lowest BCUT2D eigenvalue weighted by Gasteiger charge is -2.33. The van der Waals surface area contributed by atoms with Crippen LogP contribution >= 0.6 is 23.1 Å². The monoisotopic (exact) mass is 480 g/mol. The Morgan fingerprint density at radius 2 is 1.55 bits per heavy atom. The quantitative estimate of drug-likeness (QED) is 0.517. The van der Waals surface area contributed by atoms with Crippen molar-refractivity contribution in [1.82, 2.24) is 4.98 Å². The molecule has 4 atom stereocenters. The van der Waals surface area contributed by atoms with Gasteiger partial charge in [0.1, 0.15) is 0 Å². The van der Waals surface area contributed by atoms with Gasteiger partial charge in [0.05, 0.1) is 10.7 Å². The molecule has 2 amide bonds. The highest BCUT2D eigenvalue weighted by Crippen LogP contribution is 2.58. The van der Waals surface area contributed by atoms with E-state index < -0.39 is 0 Å². The molecule has 0 radical (unpaired) electrons. The first-order valence-corrected chi connectivity index (χ1v) is 12.9. The van der Waals surface area contributed by atoms with Gasteiger partial charge in [0.2, 0.25) is 12.8 Å². The highest BCUT2D eigenvalue weighted by atomic mass is 32.2. The fraction of sp³-hybridized carbons (Fsp3) is 0.346. The van der Waals surface area contributed by atoms with Gasteiger partial charge < -0.3 is 4.98 Å². The average molecular weight is 481 g/mol. The van der Waals surface area contributed by atoms with Crippen LogP contribution in [0.4, 0.5) is 5.69 Å². The number of aromatic amines is 1. The Morgan fingerprint density at radius 3 is 2.15 bits per heavy atom. The molecule has 3 aliphatic rings. The topological polar surface area (TPSA) is 70.2 Å². The first kappa shape index (κ1) is 23.5.